The van der Waals surface area contributed by atoms with Gasteiger partial charge in [0.1, 0.15) is 0 Å². The third-order valence-electron chi connectivity index (χ3n) is 6.32. The van der Waals surface area contributed by atoms with Gasteiger partial charge in [0.05, 0.1) is 5.56 Å². The molecule has 2 N–H and O–H groups in total. The Hall–Kier alpha value is -2.82. The lowest BCUT2D eigenvalue weighted by atomic mass is 9.63. The van der Waals surface area contributed by atoms with E-state index in [4.69, 9.17) is 5.11 Å². The quantitative estimate of drug-likeness (QED) is 0.583. The molecule has 0 fully saturated rings. The van der Waals surface area contributed by atoms with Crippen LogP contribution in [0, 0.1) is 5.92 Å². The van der Waals surface area contributed by atoms with E-state index in [1.54, 1.807) is 17.0 Å². The molecule has 166 valence electrons. The van der Waals surface area contributed by atoms with Crippen LogP contribution in [0.5, 0.6) is 0 Å². The molecule has 0 heterocycles. The van der Waals surface area contributed by atoms with Crippen molar-refractivity contribution in [2.45, 2.75) is 65.2 Å². The van der Waals surface area contributed by atoms with Crippen LogP contribution in [-0.2, 0) is 10.8 Å². The van der Waals surface area contributed by atoms with Gasteiger partial charge in [-0.2, -0.15) is 0 Å². The van der Waals surface area contributed by atoms with Gasteiger partial charge in [-0.15, -0.1) is 0 Å². The first-order valence-electron chi connectivity index (χ1n) is 11.0. The molecule has 0 atom stereocenters. The number of nitrogens with zero attached hydrogens (tertiary/aromatic N) is 1. The number of amides is 2. The summed E-state index contributed by atoms with van der Waals surface area (Å²) < 4.78 is 0. The van der Waals surface area contributed by atoms with Crippen LogP contribution in [-0.4, -0.2) is 23.7 Å². The number of carboxylic acids is 1. The highest BCUT2D eigenvalue weighted by atomic mass is 16.4. The van der Waals surface area contributed by atoms with Gasteiger partial charge in [0.25, 0.3) is 0 Å². The van der Waals surface area contributed by atoms with Crippen molar-refractivity contribution < 1.29 is 14.7 Å². The van der Waals surface area contributed by atoms with E-state index in [0.29, 0.717) is 18.2 Å². The van der Waals surface area contributed by atoms with Gasteiger partial charge in [-0.1, -0.05) is 47.6 Å². The minimum absolute atomic E-state index is 0.0630. The fourth-order valence-electron chi connectivity index (χ4n) is 4.30. The zero-order valence-corrected chi connectivity index (χ0v) is 19.5. The Bertz CT molecular complexity index is 975. The summed E-state index contributed by atoms with van der Waals surface area (Å²) in [4.78, 5) is 26.1. The number of carbonyl (C=O) groups is 2. The van der Waals surface area contributed by atoms with Gasteiger partial charge in [0.2, 0.25) is 0 Å². The number of fused-ring (bicyclic) bond motifs is 1. The number of carboxylic acid groups (broad SMARTS) is 1. The number of carbonyl (C=O) groups excluding carboxylic acids is 1. The second-order valence-corrected chi connectivity index (χ2v) is 10.3. The summed E-state index contributed by atoms with van der Waals surface area (Å²) in [7, 11) is 0. The summed E-state index contributed by atoms with van der Waals surface area (Å²) in [6, 6.07) is 12.4. The van der Waals surface area contributed by atoms with Crippen molar-refractivity contribution in [2.24, 2.45) is 5.92 Å². The Kier molecular flexibility index (Phi) is 6.17. The summed E-state index contributed by atoms with van der Waals surface area (Å²) in [5.41, 5.74) is 4.52. The van der Waals surface area contributed by atoms with E-state index in [1.807, 2.05) is 0 Å². The molecule has 2 aromatic rings. The molecule has 0 aromatic heterocycles. The molecular formula is C26H34N2O3. The number of nitrogens with one attached hydrogen (secondary N) is 1. The molecule has 0 spiro atoms. The van der Waals surface area contributed by atoms with Crippen LogP contribution < -0.4 is 10.2 Å². The van der Waals surface area contributed by atoms with Gasteiger partial charge < -0.3 is 10.4 Å². The summed E-state index contributed by atoms with van der Waals surface area (Å²) in [5.74, 6) is -0.695. The Labute approximate surface area is 185 Å². The summed E-state index contributed by atoms with van der Waals surface area (Å²) in [6.07, 6.45) is 2.26. The minimum atomic E-state index is -0.987. The number of benzene rings is 2. The molecule has 0 saturated heterocycles. The van der Waals surface area contributed by atoms with Crippen LogP contribution in [0.4, 0.5) is 16.2 Å². The summed E-state index contributed by atoms with van der Waals surface area (Å²) in [6.45, 7) is 13.9. The average molecular weight is 423 g/mol. The first-order valence-corrected chi connectivity index (χ1v) is 11.0. The SMILES string of the molecule is CC(C)CN(C(=O)Nc1ccc(C(=O)O)cc1)c1ccc2c(c1)C(C)(C)CCC2(C)C. The van der Waals surface area contributed by atoms with E-state index in [2.05, 4.69) is 65.1 Å². The zero-order valence-electron chi connectivity index (χ0n) is 19.5. The maximum absolute atomic E-state index is 13.2. The Morgan fingerprint density at radius 2 is 1.55 bits per heavy atom. The Morgan fingerprint density at radius 3 is 2.10 bits per heavy atom. The third kappa shape index (κ3) is 4.92. The van der Waals surface area contributed by atoms with Gasteiger partial charge in [0, 0.05) is 17.9 Å². The van der Waals surface area contributed by atoms with Gasteiger partial charge >= 0.3 is 12.0 Å². The maximum Gasteiger partial charge on any atom is 0.335 e. The predicted octanol–water partition coefficient (Wildman–Crippen LogP) is 6.43. The number of aromatic carboxylic acids is 1. The van der Waals surface area contributed by atoms with Crippen molar-refractivity contribution in [3.63, 3.8) is 0 Å². The number of anilines is 2. The number of hydrogen-bond acceptors (Lipinski definition) is 2. The molecule has 2 aromatic carbocycles. The highest BCUT2D eigenvalue weighted by Gasteiger charge is 2.37. The largest absolute Gasteiger partial charge is 0.478 e. The van der Waals surface area contributed by atoms with Crippen LogP contribution in [0.2, 0.25) is 0 Å². The number of urea groups is 1. The third-order valence-corrected chi connectivity index (χ3v) is 6.32. The first-order chi connectivity index (χ1) is 14.4. The Morgan fingerprint density at radius 1 is 0.968 bits per heavy atom. The van der Waals surface area contributed by atoms with Crippen molar-refractivity contribution in [3.8, 4) is 0 Å². The van der Waals surface area contributed by atoms with Gasteiger partial charge in [0.15, 0.2) is 0 Å². The lowest BCUT2D eigenvalue weighted by Crippen LogP contribution is -2.39. The second kappa shape index (κ2) is 8.37. The van der Waals surface area contributed by atoms with Crippen LogP contribution >= 0.6 is 0 Å². The Balaban J connectivity index is 1.94. The molecule has 3 rings (SSSR count). The molecule has 1 aliphatic rings. The number of hydrogen-bond donors (Lipinski definition) is 2. The molecule has 0 saturated carbocycles. The lowest BCUT2D eigenvalue weighted by molar-refractivity contribution is 0.0697. The normalized spacial score (nSPS) is 16.5. The minimum Gasteiger partial charge on any atom is -0.478 e. The molecule has 0 aliphatic heterocycles. The van der Waals surface area contributed by atoms with E-state index in [0.717, 1.165) is 18.5 Å². The molecule has 1 aliphatic carbocycles. The standard InChI is InChI=1S/C26H34N2O3/c1-17(2)16-28(24(31)27-19-9-7-18(8-10-19)23(29)30)20-11-12-21-22(15-20)26(5,6)14-13-25(21,3)4/h7-12,15,17H,13-14,16H2,1-6H3,(H,27,31)(H,29,30). The average Bonchev–Trinajstić information content (AvgIpc) is 2.69. The van der Waals surface area contributed by atoms with Crippen molar-refractivity contribution >= 4 is 23.4 Å². The van der Waals surface area contributed by atoms with E-state index in [-0.39, 0.29) is 22.4 Å². The van der Waals surface area contributed by atoms with Crippen LogP contribution in [0.25, 0.3) is 0 Å². The van der Waals surface area contributed by atoms with E-state index >= 15 is 0 Å². The van der Waals surface area contributed by atoms with Crippen LogP contribution in [0.15, 0.2) is 42.5 Å². The summed E-state index contributed by atoms with van der Waals surface area (Å²) >= 11 is 0. The smallest absolute Gasteiger partial charge is 0.335 e. The van der Waals surface area contributed by atoms with Gasteiger partial charge in [-0.3, -0.25) is 4.90 Å². The molecule has 5 heteroatoms. The number of rotatable bonds is 5. The molecule has 31 heavy (non-hydrogen) atoms. The first kappa shape index (κ1) is 22.9. The summed E-state index contributed by atoms with van der Waals surface area (Å²) in [5, 5.41) is 12.0. The fourth-order valence-corrected chi connectivity index (χ4v) is 4.30. The van der Waals surface area contributed by atoms with E-state index < -0.39 is 5.97 Å². The van der Waals surface area contributed by atoms with E-state index in [9.17, 15) is 9.59 Å². The fraction of sp³-hybridized carbons (Fsp3) is 0.462. The second-order valence-electron chi connectivity index (χ2n) is 10.3. The highest BCUT2D eigenvalue weighted by molar-refractivity contribution is 6.02. The molecular weight excluding hydrogens is 388 g/mol. The monoisotopic (exact) mass is 422 g/mol. The lowest BCUT2D eigenvalue weighted by Gasteiger charge is -2.42. The van der Waals surface area contributed by atoms with Crippen molar-refractivity contribution in [3.05, 3.63) is 59.2 Å². The van der Waals surface area contributed by atoms with Crippen molar-refractivity contribution in [1.82, 2.24) is 0 Å². The van der Waals surface area contributed by atoms with Crippen molar-refractivity contribution in [2.75, 3.05) is 16.8 Å². The highest BCUT2D eigenvalue weighted by Crippen LogP contribution is 2.46. The topological polar surface area (TPSA) is 69.6 Å². The van der Waals surface area contributed by atoms with Crippen molar-refractivity contribution in [1.29, 1.82) is 0 Å². The predicted molar refractivity (Wildman–Crippen MR) is 126 cm³/mol. The van der Waals surface area contributed by atoms with Crippen LogP contribution in [0.1, 0.15) is 75.9 Å². The zero-order chi connectivity index (χ0) is 23.0. The molecule has 0 unspecified atom stereocenters. The molecule has 0 radical (unpaired) electrons. The molecule has 2 amide bonds. The van der Waals surface area contributed by atoms with E-state index in [1.165, 1.54) is 23.3 Å². The van der Waals surface area contributed by atoms with Gasteiger partial charge in [-0.05, 0) is 77.1 Å². The van der Waals surface area contributed by atoms with Gasteiger partial charge in [-0.25, -0.2) is 9.59 Å². The molecule has 5 nitrogen and oxygen atoms in total. The maximum atomic E-state index is 13.2. The molecule has 0 bridgehead atoms. The van der Waals surface area contributed by atoms with Crippen LogP contribution in [0.3, 0.4) is 0 Å².